The summed E-state index contributed by atoms with van der Waals surface area (Å²) in [5.41, 5.74) is 1.22. The van der Waals surface area contributed by atoms with Gasteiger partial charge in [0.1, 0.15) is 6.33 Å². The molecular weight excluding hydrogens is 424 g/mol. The summed E-state index contributed by atoms with van der Waals surface area (Å²) in [4.78, 5) is 49.4. The third-order valence-corrected chi connectivity index (χ3v) is 5.58. The molecule has 1 aliphatic rings. The van der Waals surface area contributed by atoms with Crippen molar-refractivity contribution in [2.45, 2.75) is 52.4 Å². The number of amides is 1. The van der Waals surface area contributed by atoms with Crippen LogP contribution in [0.4, 0.5) is 11.5 Å². The molecule has 33 heavy (non-hydrogen) atoms. The van der Waals surface area contributed by atoms with Crippen LogP contribution in [0.2, 0.25) is 0 Å². The number of aliphatic imine (C=N–C) groups is 1. The first-order valence-corrected chi connectivity index (χ1v) is 11.4. The lowest BCUT2D eigenvalue weighted by Crippen LogP contribution is -2.29. The van der Waals surface area contributed by atoms with E-state index in [1.54, 1.807) is 32.0 Å². The van der Waals surface area contributed by atoms with E-state index in [1.807, 2.05) is 0 Å². The van der Waals surface area contributed by atoms with Crippen LogP contribution in [0.1, 0.15) is 52.4 Å². The van der Waals surface area contributed by atoms with Crippen molar-refractivity contribution in [3.05, 3.63) is 24.5 Å². The van der Waals surface area contributed by atoms with Crippen molar-refractivity contribution in [2.24, 2.45) is 16.8 Å². The third-order valence-electron chi connectivity index (χ3n) is 5.58. The number of carbonyl (C=O) groups excluding carboxylic acids is 3. The predicted octanol–water partition coefficient (Wildman–Crippen LogP) is 3.98. The second kappa shape index (κ2) is 12.0. The number of ether oxygens (including phenoxy) is 2. The highest BCUT2D eigenvalue weighted by atomic mass is 16.6. The van der Waals surface area contributed by atoms with Gasteiger partial charge in [-0.2, -0.15) is 0 Å². The molecule has 1 aliphatic carbocycles. The summed E-state index contributed by atoms with van der Waals surface area (Å²) < 4.78 is 9.92. The van der Waals surface area contributed by atoms with Crippen LogP contribution in [-0.4, -0.2) is 47.2 Å². The quantitative estimate of drug-likeness (QED) is 0.327. The molecule has 1 heterocycles. The van der Waals surface area contributed by atoms with Crippen molar-refractivity contribution in [3.8, 4) is 0 Å². The molecule has 1 N–H and O–H groups in total. The number of nitrogens with one attached hydrogen (secondary N) is 1. The Labute approximate surface area is 193 Å². The first-order valence-electron chi connectivity index (χ1n) is 11.4. The van der Waals surface area contributed by atoms with E-state index >= 15 is 0 Å². The summed E-state index contributed by atoms with van der Waals surface area (Å²) in [6.07, 6.45) is 8.84. The van der Waals surface area contributed by atoms with Gasteiger partial charge in [0.15, 0.2) is 11.7 Å². The lowest BCUT2D eigenvalue weighted by Gasteiger charge is -2.11. The minimum atomic E-state index is -1.30. The highest BCUT2D eigenvalue weighted by Crippen LogP contribution is 2.29. The summed E-state index contributed by atoms with van der Waals surface area (Å²) in [6, 6.07) is 5.27. The standard InChI is InChI=1S/C24H30N4O5/c1-3-32-23(30)19(24(31)33-4-2)14-25-22-18-13-17(10-11-20(18)26-15-27-22)28-21(29)12-9-16-7-5-6-8-16/h10-11,13-16,19H,3-9,12H2,1-2H3,(H,28,29). The van der Waals surface area contributed by atoms with Crippen LogP contribution in [-0.2, 0) is 23.9 Å². The van der Waals surface area contributed by atoms with E-state index < -0.39 is 17.9 Å². The normalized spacial score (nSPS) is 14.2. The Morgan fingerprint density at radius 2 is 1.82 bits per heavy atom. The van der Waals surface area contributed by atoms with Gasteiger partial charge in [0.25, 0.3) is 0 Å². The number of rotatable bonds is 10. The van der Waals surface area contributed by atoms with Gasteiger partial charge in [0.05, 0.1) is 18.7 Å². The Balaban J connectivity index is 1.77. The van der Waals surface area contributed by atoms with Gasteiger partial charge in [-0.3, -0.25) is 14.4 Å². The molecular formula is C24H30N4O5. The highest BCUT2D eigenvalue weighted by Gasteiger charge is 2.28. The first-order chi connectivity index (χ1) is 16.0. The van der Waals surface area contributed by atoms with Crippen molar-refractivity contribution in [3.63, 3.8) is 0 Å². The Morgan fingerprint density at radius 1 is 1.12 bits per heavy atom. The van der Waals surface area contributed by atoms with Crippen molar-refractivity contribution >= 4 is 46.5 Å². The maximum atomic E-state index is 12.4. The van der Waals surface area contributed by atoms with Crippen LogP contribution in [0.25, 0.3) is 10.9 Å². The largest absolute Gasteiger partial charge is 0.465 e. The molecule has 0 bridgehead atoms. The van der Waals surface area contributed by atoms with Gasteiger partial charge in [0.2, 0.25) is 5.91 Å². The number of esters is 2. The second-order valence-corrected chi connectivity index (χ2v) is 7.93. The number of hydrogen-bond donors (Lipinski definition) is 1. The Morgan fingerprint density at radius 3 is 2.48 bits per heavy atom. The molecule has 1 fully saturated rings. The minimum Gasteiger partial charge on any atom is -0.465 e. The van der Waals surface area contributed by atoms with Crippen molar-refractivity contribution in [1.82, 2.24) is 9.97 Å². The lowest BCUT2D eigenvalue weighted by atomic mass is 10.0. The average Bonchev–Trinajstić information content (AvgIpc) is 3.32. The zero-order valence-corrected chi connectivity index (χ0v) is 19.1. The van der Waals surface area contributed by atoms with Gasteiger partial charge in [-0.05, 0) is 44.4 Å². The van der Waals surface area contributed by atoms with Crippen LogP contribution < -0.4 is 5.32 Å². The summed E-state index contributed by atoms with van der Waals surface area (Å²) in [5, 5.41) is 3.50. The van der Waals surface area contributed by atoms with Gasteiger partial charge in [-0.1, -0.05) is 25.7 Å². The van der Waals surface area contributed by atoms with E-state index in [4.69, 9.17) is 9.47 Å². The zero-order chi connectivity index (χ0) is 23.6. The van der Waals surface area contributed by atoms with Crippen LogP contribution in [0.15, 0.2) is 29.5 Å². The monoisotopic (exact) mass is 454 g/mol. The fourth-order valence-electron chi connectivity index (χ4n) is 3.91. The molecule has 1 aromatic carbocycles. The van der Waals surface area contributed by atoms with E-state index in [1.165, 1.54) is 38.2 Å². The van der Waals surface area contributed by atoms with Gasteiger partial charge in [0, 0.05) is 23.7 Å². The molecule has 9 nitrogen and oxygen atoms in total. The molecule has 0 spiro atoms. The second-order valence-electron chi connectivity index (χ2n) is 7.93. The molecule has 176 valence electrons. The SMILES string of the molecule is CCOC(=O)C(C=Nc1ncnc2ccc(NC(=O)CCC3CCCC3)cc12)C(=O)OCC. The Kier molecular flexibility index (Phi) is 8.86. The van der Waals surface area contributed by atoms with Gasteiger partial charge >= 0.3 is 11.9 Å². The van der Waals surface area contributed by atoms with Gasteiger partial charge in [-0.25, -0.2) is 15.0 Å². The summed E-state index contributed by atoms with van der Waals surface area (Å²) in [7, 11) is 0. The van der Waals surface area contributed by atoms with Crippen LogP contribution in [0.5, 0.6) is 0 Å². The number of fused-ring (bicyclic) bond motifs is 1. The van der Waals surface area contributed by atoms with E-state index in [-0.39, 0.29) is 24.9 Å². The Hall–Kier alpha value is -3.36. The molecule has 0 atom stereocenters. The van der Waals surface area contributed by atoms with E-state index in [2.05, 4.69) is 20.3 Å². The molecule has 0 saturated heterocycles. The highest BCUT2D eigenvalue weighted by molar-refractivity contribution is 6.10. The minimum absolute atomic E-state index is 0.0344. The van der Waals surface area contributed by atoms with E-state index in [9.17, 15) is 14.4 Å². The number of nitrogens with zero attached hydrogens (tertiary/aromatic N) is 3. The maximum Gasteiger partial charge on any atom is 0.325 e. The molecule has 0 unspecified atom stereocenters. The number of aromatic nitrogens is 2. The number of benzene rings is 1. The van der Waals surface area contributed by atoms with Gasteiger partial charge in [-0.15, -0.1) is 0 Å². The molecule has 1 amide bonds. The topological polar surface area (TPSA) is 120 Å². The zero-order valence-electron chi connectivity index (χ0n) is 19.1. The first kappa shape index (κ1) is 24.3. The van der Waals surface area contributed by atoms with Crippen LogP contribution in [0.3, 0.4) is 0 Å². The fraction of sp³-hybridized carbons (Fsp3) is 0.500. The van der Waals surface area contributed by atoms with Crippen LogP contribution in [0, 0.1) is 11.8 Å². The third kappa shape index (κ3) is 6.81. The van der Waals surface area contributed by atoms with E-state index in [0.717, 1.165) is 6.42 Å². The summed E-state index contributed by atoms with van der Waals surface area (Å²) in [6.45, 7) is 3.56. The molecule has 3 rings (SSSR count). The average molecular weight is 455 g/mol. The number of anilines is 1. The summed E-state index contributed by atoms with van der Waals surface area (Å²) in [5.74, 6) is -1.91. The predicted molar refractivity (Wildman–Crippen MR) is 124 cm³/mol. The maximum absolute atomic E-state index is 12.4. The Bertz CT molecular complexity index is 999. The molecule has 9 heteroatoms. The number of carbonyl (C=O) groups is 3. The van der Waals surface area contributed by atoms with Crippen LogP contribution >= 0.6 is 0 Å². The summed E-state index contributed by atoms with van der Waals surface area (Å²) >= 11 is 0. The molecule has 0 radical (unpaired) electrons. The van der Waals surface area contributed by atoms with Crippen molar-refractivity contribution < 1.29 is 23.9 Å². The van der Waals surface area contributed by atoms with E-state index in [0.29, 0.717) is 28.9 Å². The smallest absolute Gasteiger partial charge is 0.325 e. The van der Waals surface area contributed by atoms with Crippen molar-refractivity contribution in [2.75, 3.05) is 18.5 Å². The molecule has 2 aromatic rings. The fourth-order valence-corrected chi connectivity index (χ4v) is 3.91. The van der Waals surface area contributed by atoms with Crippen molar-refractivity contribution in [1.29, 1.82) is 0 Å². The number of hydrogen-bond acceptors (Lipinski definition) is 8. The molecule has 0 aliphatic heterocycles. The molecule has 1 saturated carbocycles. The lowest BCUT2D eigenvalue weighted by molar-refractivity contribution is -0.157. The van der Waals surface area contributed by atoms with Gasteiger partial charge < -0.3 is 14.8 Å². The molecule has 1 aromatic heterocycles.